The lowest BCUT2D eigenvalue weighted by Crippen LogP contribution is -2.39. The summed E-state index contributed by atoms with van der Waals surface area (Å²) in [5.74, 6) is -0.0909. The summed E-state index contributed by atoms with van der Waals surface area (Å²) in [5.41, 5.74) is 0. The Labute approximate surface area is 91.8 Å². The van der Waals surface area contributed by atoms with Crippen LogP contribution in [-0.4, -0.2) is 35.1 Å². The van der Waals surface area contributed by atoms with Crippen molar-refractivity contribution in [3.8, 4) is 0 Å². The molecule has 0 aliphatic heterocycles. The predicted octanol–water partition coefficient (Wildman–Crippen LogP) is 2.14. The summed E-state index contributed by atoms with van der Waals surface area (Å²) < 4.78 is 0. The number of rotatable bonds is 5. The minimum atomic E-state index is -0.727. The minimum Gasteiger partial charge on any atom is -0.480 e. The van der Waals surface area contributed by atoms with Crippen LogP contribution in [0.1, 0.15) is 33.1 Å². The first kappa shape index (κ1) is 12.2. The van der Waals surface area contributed by atoms with E-state index in [0.29, 0.717) is 12.0 Å². The highest BCUT2D eigenvalue weighted by Crippen LogP contribution is 2.19. The van der Waals surface area contributed by atoms with Crippen LogP contribution in [-0.2, 0) is 4.79 Å². The molecule has 1 N–H and O–H groups in total. The van der Waals surface area contributed by atoms with Crippen LogP contribution in [0.15, 0.2) is 12.2 Å². The van der Waals surface area contributed by atoms with Crippen molar-refractivity contribution in [1.82, 2.24) is 4.90 Å². The number of hydrogen-bond donors (Lipinski definition) is 1. The third kappa shape index (κ3) is 4.47. The Hall–Kier alpha value is -0.830. The van der Waals surface area contributed by atoms with Crippen LogP contribution in [0, 0.1) is 5.92 Å². The first-order valence-corrected chi connectivity index (χ1v) is 5.70. The van der Waals surface area contributed by atoms with E-state index in [0.717, 1.165) is 19.4 Å². The number of nitrogens with zero attached hydrogens (tertiary/aromatic N) is 1. The molecule has 0 amide bonds. The van der Waals surface area contributed by atoms with Crippen LogP contribution >= 0.6 is 0 Å². The smallest absolute Gasteiger partial charge is 0.317 e. The molecule has 0 aromatic heterocycles. The van der Waals surface area contributed by atoms with Crippen molar-refractivity contribution < 1.29 is 9.90 Å². The van der Waals surface area contributed by atoms with Crippen LogP contribution < -0.4 is 0 Å². The summed E-state index contributed by atoms with van der Waals surface area (Å²) in [6.45, 7) is 5.19. The number of hydrogen-bond acceptors (Lipinski definition) is 2. The van der Waals surface area contributed by atoms with E-state index in [1.165, 1.54) is 6.42 Å². The van der Waals surface area contributed by atoms with Crippen LogP contribution in [0.2, 0.25) is 0 Å². The fourth-order valence-corrected chi connectivity index (χ4v) is 1.99. The fourth-order valence-electron chi connectivity index (χ4n) is 1.99. The van der Waals surface area contributed by atoms with E-state index in [4.69, 9.17) is 5.11 Å². The van der Waals surface area contributed by atoms with Gasteiger partial charge in [-0.2, -0.15) is 0 Å². The molecule has 15 heavy (non-hydrogen) atoms. The molecule has 0 radical (unpaired) electrons. The Bertz CT molecular complexity index is 236. The van der Waals surface area contributed by atoms with E-state index in [2.05, 4.69) is 26.0 Å². The second-order valence-corrected chi connectivity index (χ2v) is 4.57. The zero-order valence-corrected chi connectivity index (χ0v) is 9.65. The average molecular weight is 211 g/mol. The molecule has 0 spiro atoms. The Morgan fingerprint density at radius 1 is 1.53 bits per heavy atom. The number of carboxylic acid groups (broad SMARTS) is 1. The van der Waals surface area contributed by atoms with Crippen LogP contribution in [0.25, 0.3) is 0 Å². The molecule has 0 saturated heterocycles. The standard InChI is InChI=1S/C12H21NO2/c1-10(2)13(9-12(14)15)8-11-6-4-3-5-7-11/h3-4,10-11H,5-9H2,1-2H3,(H,14,15). The van der Waals surface area contributed by atoms with Gasteiger partial charge in [0.1, 0.15) is 0 Å². The van der Waals surface area contributed by atoms with Gasteiger partial charge in [-0.1, -0.05) is 12.2 Å². The van der Waals surface area contributed by atoms with E-state index in [-0.39, 0.29) is 6.54 Å². The molecule has 3 nitrogen and oxygen atoms in total. The minimum absolute atomic E-state index is 0.165. The Balaban J connectivity index is 2.42. The largest absolute Gasteiger partial charge is 0.480 e. The van der Waals surface area contributed by atoms with Gasteiger partial charge in [0.05, 0.1) is 6.54 Å². The summed E-state index contributed by atoms with van der Waals surface area (Å²) >= 11 is 0. The third-order valence-electron chi connectivity index (χ3n) is 2.94. The van der Waals surface area contributed by atoms with E-state index in [1.54, 1.807) is 0 Å². The maximum Gasteiger partial charge on any atom is 0.317 e. The van der Waals surface area contributed by atoms with Gasteiger partial charge in [-0.3, -0.25) is 9.69 Å². The van der Waals surface area contributed by atoms with Crippen molar-refractivity contribution in [3.05, 3.63) is 12.2 Å². The second kappa shape index (κ2) is 5.91. The van der Waals surface area contributed by atoms with Crippen LogP contribution in [0.5, 0.6) is 0 Å². The molecule has 1 atom stereocenters. The molecule has 3 heteroatoms. The monoisotopic (exact) mass is 211 g/mol. The molecule has 0 saturated carbocycles. The van der Waals surface area contributed by atoms with Crippen molar-refractivity contribution in [2.45, 2.75) is 39.2 Å². The highest BCUT2D eigenvalue weighted by Gasteiger charge is 2.18. The number of allylic oxidation sites excluding steroid dienone is 2. The topological polar surface area (TPSA) is 40.5 Å². The van der Waals surface area contributed by atoms with Gasteiger partial charge in [0.2, 0.25) is 0 Å². The van der Waals surface area contributed by atoms with Gasteiger partial charge in [-0.15, -0.1) is 0 Å². The van der Waals surface area contributed by atoms with E-state index < -0.39 is 5.97 Å². The van der Waals surface area contributed by atoms with Crippen molar-refractivity contribution >= 4 is 5.97 Å². The highest BCUT2D eigenvalue weighted by molar-refractivity contribution is 5.69. The molecule has 0 heterocycles. The van der Waals surface area contributed by atoms with Crippen molar-refractivity contribution in [3.63, 3.8) is 0 Å². The normalized spacial score (nSPS) is 21.2. The highest BCUT2D eigenvalue weighted by atomic mass is 16.4. The SMILES string of the molecule is CC(C)N(CC(=O)O)CC1CC=CCC1. The Morgan fingerprint density at radius 2 is 2.27 bits per heavy atom. The first-order valence-electron chi connectivity index (χ1n) is 5.70. The van der Waals surface area contributed by atoms with Crippen molar-refractivity contribution in [2.75, 3.05) is 13.1 Å². The van der Waals surface area contributed by atoms with E-state index >= 15 is 0 Å². The lowest BCUT2D eigenvalue weighted by Gasteiger charge is -2.29. The number of carbonyl (C=O) groups is 1. The Morgan fingerprint density at radius 3 is 2.73 bits per heavy atom. The number of carboxylic acids is 1. The number of aliphatic carboxylic acids is 1. The molecule has 1 aliphatic rings. The predicted molar refractivity (Wildman–Crippen MR) is 60.8 cm³/mol. The lowest BCUT2D eigenvalue weighted by molar-refractivity contribution is -0.139. The summed E-state index contributed by atoms with van der Waals surface area (Å²) in [7, 11) is 0. The van der Waals surface area contributed by atoms with E-state index in [1.807, 2.05) is 4.90 Å². The summed E-state index contributed by atoms with van der Waals surface area (Å²) in [5, 5.41) is 8.81. The molecule has 0 fully saturated rings. The fraction of sp³-hybridized carbons (Fsp3) is 0.750. The van der Waals surface area contributed by atoms with Gasteiger partial charge in [0, 0.05) is 12.6 Å². The van der Waals surface area contributed by atoms with Crippen molar-refractivity contribution in [1.29, 1.82) is 0 Å². The molecular formula is C12H21NO2. The zero-order chi connectivity index (χ0) is 11.3. The van der Waals surface area contributed by atoms with Gasteiger partial charge < -0.3 is 5.11 Å². The maximum absolute atomic E-state index is 10.7. The van der Waals surface area contributed by atoms with Crippen LogP contribution in [0.4, 0.5) is 0 Å². The van der Waals surface area contributed by atoms with Crippen molar-refractivity contribution in [2.24, 2.45) is 5.92 Å². The summed E-state index contributed by atoms with van der Waals surface area (Å²) in [4.78, 5) is 12.7. The molecular weight excluding hydrogens is 190 g/mol. The summed E-state index contributed by atoms with van der Waals surface area (Å²) in [6, 6.07) is 0.312. The molecule has 0 aromatic carbocycles. The average Bonchev–Trinajstić information content (AvgIpc) is 2.17. The van der Waals surface area contributed by atoms with Gasteiger partial charge >= 0.3 is 5.97 Å². The van der Waals surface area contributed by atoms with Gasteiger partial charge in [-0.05, 0) is 39.0 Å². The maximum atomic E-state index is 10.7. The van der Waals surface area contributed by atoms with Gasteiger partial charge in [-0.25, -0.2) is 0 Å². The second-order valence-electron chi connectivity index (χ2n) is 4.57. The quantitative estimate of drug-likeness (QED) is 0.708. The van der Waals surface area contributed by atoms with E-state index in [9.17, 15) is 4.79 Å². The first-order chi connectivity index (χ1) is 7.09. The summed E-state index contributed by atoms with van der Waals surface area (Å²) in [6.07, 6.45) is 7.87. The van der Waals surface area contributed by atoms with Gasteiger partial charge in [0.15, 0.2) is 0 Å². The molecule has 1 unspecified atom stereocenters. The Kier molecular flexibility index (Phi) is 4.82. The van der Waals surface area contributed by atoms with Crippen LogP contribution in [0.3, 0.4) is 0 Å². The molecule has 1 aliphatic carbocycles. The molecule has 1 rings (SSSR count). The third-order valence-corrected chi connectivity index (χ3v) is 2.94. The molecule has 86 valence electrons. The lowest BCUT2D eigenvalue weighted by atomic mass is 9.93. The molecule has 0 bridgehead atoms. The molecule has 0 aromatic rings. The van der Waals surface area contributed by atoms with Gasteiger partial charge in [0.25, 0.3) is 0 Å². The zero-order valence-electron chi connectivity index (χ0n) is 9.65.